The predicted octanol–water partition coefficient (Wildman–Crippen LogP) is 3.75. The lowest BCUT2D eigenvalue weighted by Crippen LogP contribution is -2.31. The fourth-order valence-electron chi connectivity index (χ4n) is 2.83. The van der Waals surface area contributed by atoms with Gasteiger partial charge < -0.3 is 18.8 Å². The fraction of sp³-hybridized carbons (Fsp3) is 0.250. The molecule has 0 N–H and O–H groups in total. The summed E-state index contributed by atoms with van der Waals surface area (Å²) in [6.45, 7) is 3.18. The third-order valence-electron chi connectivity index (χ3n) is 4.36. The van der Waals surface area contributed by atoms with Crippen LogP contribution in [0, 0.1) is 5.82 Å². The van der Waals surface area contributed by atoms with E-state index in [4.69, 9.17) is 13.9 Å². The molecule has 150 valence electrons. The van der Waals surface area contributed by atoms with Crippen LogP contribution in [0.5, 0.6) is 11.5 Å². The zero-order valence-electron chi connectivity index (χ0n) is 15.6. The summed E-state index contributed by atoms with van der Waals surface area (Å²) in [5.41, 5.74) is 1.58. The van der Waals surface area contributed by atoms with Gasteiger partial charge in [-0.1, -0.05) is 17.8 Å². The van der Waals surface area contributed by atoms with Crippen molar-refractivity contribution in [1.82, 2.24) is 15.1 Å². The van der Waals surface area contributed by atoms with Crippen LogP contribution in [0.25, 0.3) is 11.5 Å². The molecule has 1 aliphatic rings. The summed E-state index contributed by atoms with van der Waals surface area (Å²) in [5.74, 6) is 1.48. The summed E-state index contributed by atoms with van der Waals surface area (Å²) in [7, 11) is 0. The molecule has 7 nitrogen and oxygen atoms in total. The summed E-state index contributed by atoms with van der Waals surface area (Å²) in [6.07, 6.45) is 0. The number of hydrogen-bond donors (Lipinski definition) is 0. The maximum atomic E-state index is 13.0. The molecule has 0 unspecified atom stereocenters. The molecular weight excluding hydrogens is 397 g/mol. The number of benzene rings is 2. The lowest BCUT2D eigenvalue weighted by molar-refractivity contribution is -0.128. The number of carbonyl (C=O) groups is 1. The van der Waals surface area contributed by atoms with Crippen molar-refractivity contribution in [3.63, 3.8) is 0 Å². The second kappa shape index (κ2) is 8.52. The van der Waals surface area contributed by atoms with Crippen LogP contribution in [0.1, 0.15) is 12.5 Å². The maximum Gasteiger partial charge on any atom is 0.277 e. The van der Waals surface area contributed by atoms with Gasteiger partial charge in [-0.3, -0.25) is 4.79 Å². The average molecular weight is 415 g/mol. The van der Waals surface area contributed by atoms with Crippen LogP contribution in [-0.4, -0.2) is 40.1 Å². The number of nitrogens with zero attached hydrogens (tertiary/aromatic N) is 3. The van der Waals surface area contributed by atoms with E-state index in [9.17, 15) is 9.18 Å². The number of hydrogen-bond acceptors (Lipinski definition) is 7. The van der Waals surface area contributed by atoms with Crippen molar-refractivity contribution in [2.75, 3.05) is 19.1 Å². The van der Waals surface area contributed by atoms with E-state index in [1.165, 1.54) is 23.9 Å². The van der Waals surface area contributed by atoms with E-state index >= 15 is 0 Å². The minimum absolute atomic E-state index is 0.0447. The molecule has 2 aromatic carbocycles. The van der Waals surface area contributed by atoms with Gasteiger partial charge in [-0.15, -0.1) is 10.2 Å². The number of halogens is 1. The quantitative estimate of drug-likeness (QED) is 0.544. The molecule has 1 amide bonds. The van der Waals surface area contributed by atoms with Crippen LogP contribution in [0.15, 0.2) is 52.1 Å². The number of thioether (sulfide) groups is 1. The first-order valence-electron chi connectivity index (χ1n) is 9.01. The molecule has 0 radical (unpaired) electrons. The Kier molecular flexibility index (Phi) is 5.66. The zero-order valence-corrected chi connectivity index (χ0v) is 16.4. The Labute approximate surface area is 170 Å². The van der Waals surface area contributed by atoms with Crippen molar-refractivity contribution < 1.29 is 23.1 Å². The average Bonchev–Trinajstić information content (AvgIpc) is 3.40. The van der Waals surface area contributed by atoms with E-state index in [0.29, 0.717) is 30.2 Å². The monoisotopic (exact) mass is 415 g/mol. The molecule has 2 heterocycles. The molecule has 0 bridgehead atoms. The van der Waals surface area contributed by atoms with E-state index < -0.39 is 0 Å². The molecular formula is C20H18FN3O4S. The normalized spacial score (nSPS) is 12.2. The second-order valence-corrected chi connectivity index (χ2v) is 7.19. The van der Waals surface area contributed by atoms with Crippen LogP contribution in [-0.2, 0) is 11.3 Å². The molecule has 29 heavy (non-hydrogen) atoms. The summed E-state index contributed by atoms with van der Waals surface area (Å²) < 4.78 is 29.3. The molecule has 0 spiro atoms. The van der Waals surface area contributed by atoms with Gasteiger partial charge in [0.2, 0.25) is 18.6 Å². The Morgan fingerprint density at radius 2 is 1.93 bits per heavy atom. The van der Waals surface area contributed by atoms with Crippen LogP contribution in [0.4, 0.5) is 4.39 Å². The predicted molar refractivity (Wildman–Crippen MR) is 104 cm³/mol. The molecule has 0 fully saturated rings. The Morgan fingerprint density at radius 1 is 1.14 bits per heavy atom. The summed E-state index contributed by atoms with van der Waals surface area (Å²) >= 11 is 1.17. The van der Waals surface area contributed by atoms with E-state index in [-0.39, 0.29) is 35.4 Å². The first kappa shape index (κ1) is 19.3. The molecule has 1 aliphatic heterocycles. The summed E-state index contributed by atoms with van der Waals surface area (Å²) in [5, 5.41) is 8.18. The molecule has 1 aromatic heterocycles. The van der Waals surface area contributed by atoms with Crippen molar-refractivity contribution in [2.45, 2.75) is 18.7 Å². The van der Waals surface area contributed by atoms with E-state index in [1.807, 2.05) is 25.1 Å². The molecule has 4 rings (SSSR count). The molecule has 0 atom stereocenters. The van der Waals surface area contributed by atoms with Crippen LogP contribution >= 0.6 is 11.8 Å². The third kappa shape index (κ3) is 4.51. The number of fused-ring (bicyclic) bond motifs is 1. The second-order valence-electron chi connectivity index (χ2n) is 6.26. The van der Waals surface area contributed by atoms with Crippen molar-refractivity contribution >= 4 is 17.7 Å². The van der Waals surface area contributed by atoms with Gasteiger partial charge in [-0.25, -0.2) is 4.39 Å². The number of carbonyl (C=O) groups excluding carboxylic acids is 1. The van der Waals surface area contributed by atoms with Gasteiger partial charge in [0.05, 0.1) is 5.75 Å². The molecule has 0 saturated carbocycles. The van der Waals surface area contributed by atoms with Gasteiger partial charge in [0.15, 0.2) is 11.5 Å². The Morgan fingerprint density at radius 3 is 2.72 bits per heavy atom. The molecule has 9 heteroatoms. The Balaban J connectivity index is 1.35. The highest BCUT2D eigenvalue weighted by Gasteiger charge is 2.18. The van der Waals surface area contributed by atoms with Crippen LogP contribution in [0.3, 0.4) is 0 Å². The highest BCUT2D eigenvalue weighted by atomic mass is 32.2. The highest BCUT2D eigenvalue weighted by molar-refractivity contribution is 7.99. The lowest BCUT2D eigenvalue weighted by Gasteiger charge is -2.20. The van der Waals surface area contributed by atoms with E-state index in [1.54, 1.807) is 17.0 Å². The topological polar surface area (TPSA) is 77.7 Å². The van der Waals surface area contributed by atoms with E-state index in [2.05, 4.69) is 10.2 Å². The van der Waals surface area contributed by atoms with Gasteiger partial charge >= 0.3 is 0 Å². The van der Waals surface area contributed by atoms with Gasteiger partial charge in [-0.05, 0) is 48.9 Å². The standard InChI is InChI=1S/C20H18FN3O4S/c1-2-24(10-13-3-8-16-17(9-13)27-12-26-16)18(25)11-29-20-23-22-19(28-20)14-4-6-15(21)7-5-14/h3-9H,2,10-12H2,1H3. The summed E-state index contributed by atoms with van der Waals surface area (Å²) in [6, 6.07) is 11.4. The lowest BCUT2D eigenvalue weighted by atomic mass is 10.2. The number of amides is 1. The molecule has 0 aliphatic carbocycles. The van der Waals surface area contributed by atoms with Gasteiger partial charge in [0.1, 0.15) is 5.82 Å². The van der Waals surface area contributed by atoms with E-state index in [0.717, 1.165) is 5.56 Å². The molecule has 3 aromatic rings. The van der Waals surface area contributed by atoms with Gasteiger partial charge in [-0.2, -0.15) is 0 Å². The smallest absolute Gasteiger partial charge is 0.277 e. The largest absolute Gasteiger partial charge is 0.454 e. The minimum atomic E-state index is -0.337. The van der Waals surface area contributed by atoms with Crippen molar-refractivity contribution in [3.8, 4) is 23.0 Å². The van der Waals surface area contributed by atoms with Crippen molar-refractivity contribution in [1.29, 1.82) is 0 Å². The highest BCUT2D eigenvalue weighted by Crippen LogP contribution is 2.33. The number of ether oxygens (including phenoxy) is 2. The number of aromatic nitrogens is 2. The van der Waals surface area contributed by atoms with Crippen molar-refractivity contribution in [3.05, 3.63) is 53.8 Å². The SMILES string of the molecule is CCN(Cc1ccc2c(c1)OCO2)C(=O)CSc1nnc(-c2ccc(F)cc2)o1. The zero-order chi connectivity index (χ0) is 20.2. The first-order chi connectivity index (χ1) is 14.1. The third-order valence-corrected chi connectivity index (χ3v) is 5.16. The first-order valence-corrected chi connectivity index (χ1v) is 9.99. The Hall–Kier alpha value is -3.07. The maximum absolute atomic E-state index is 13.0. The van der Waals surface area contributed by atoms with Gasteiger partial charge in [0, 0.05) is 18.7 Å². The van der Waals surface area contributed by atoms with Crippen molar-refractivity contribution in [2.24, 2.45) is 0 Å². The fourth-order valence-corrected chi connectivity index (χ4v) is 3.49. The summed E-state index contributed by atoms with van der Waals surface area (Å²) in [4.78, 5) is 14.4. The minimum Gasteiger partial charge on any atom is -0.454 e. The number of rotatable bonds is 7. The van der Waals surface area contributed by atoms with Crippen LogP contribution in [0.2, 0.25) is 0 Å². The molecule has 0 saturated heterocycles. The van der Waals surface area contributed by atoms with Crippen LogP contribution < -0.4 is 9.47 Å². The Bertz CT molecular complexity index is 1010. The van der Waals surface area contributed by atoms with Gasteiger partial charge in [0.25, 0.3) is 5.22 Å².